The largest absolute Gasteiger partial charge is 0.438 e. The van der Waals surface area contributed by atoms with E-state index in [2.05, 4.69) is 4.98 Å². The van der Waals surface area contributed by atoms with Crippen molar-refractivity contribution in [1.29, 1.82) is 0 Å². The smallest absolute Gasteiger partial charge is 0.291 e. The zero-order valence-corrected chi connectivity index (χ0v) is 11.4. The first-order chi connectivity index (χ1) is 9.22. The Kier molecular flexibility index (Phi) is 4.58. The molecule has 0 bridgehead atoms. The number of hydrogen-bond donors (Lipinski definition) is 0. The second-order valence-electron chi connectivity index (χ2n) is 4.17. The lowest BCUT2D eigenvalue weighted by atomic mass is 10.2. The second-order valence-corrected chi connectivity index (χ2v) is 4.55. The minimum atomic E-state index is -0.181. The molecule has 2 aromatic rings. The van der Waals surface area contributed by atoms with Gasteiger partial charge in [0, 0.05) is 19.0 Å². The Hall–Kier alpha value is -1.81. The highest BCUT2D eigenvalue weighted by molar-refractivity contribution is 6.18. The zero-order chi connectivity index (χ0) is 13.7. The third-order valence-electron chi connectivity index (χ3n) is 2.80. The van der Waals surface area contributed by atoms with Crippen molar-refractivity contribution in [3.8, 4) is 0 Å². The maximum atomic E-state index is 12.4. The molecule has 0 N–H and O–H groups in total. The summed E-state index contributed by atoms with van der Waals surface area (Å²) >= 11 is 5.77. The molecule has 2 rings (SSSR count). The molecule has 0 spiro atoms. The van der Waals surface area contributed by atoms with Crippen molar-refractivity contribution in [2.45, 2.75) is 13.5 Å². The maximum absolute atomic E-state index is 12.4. The van der Waals surface area contributed by atoms with Gasteiger partial charge in [0.05, 0.1) is 5.69 Å². The van der Waals surface area contributed by atoms with Gasteiger partial charge >= 0.3 is 0 Å². The first kappa shape index (κ1) is 13.6. The quantitative estimate of drug-likeness (QED) is 0.790. The topological polar surface area (TPSA) is 46.3 Å². The predicted octanol–water partition coefficient (Wildman–Crippen LogP) is 2.86. The van der Waals surface area contributed by atoms with E-state index in [1.165, 1.54) is 6.39 Å². The number of aryl methyl sites for hydroxylation is 1. The summed E-state index contributed by atoms with van der Waals surface area (Å²) in [5.41, 5.74) is 1.65. The van der Waals surface area contributed by atoms with Crippen LogP contribution in [0.3, 0.4) is 0 Å². The minimum absolute atomic E-state index is 0.181. The van der Waals surface area contributed by atoms with Crippen LogP contribution in [-0.2, 0) is 6.54 Å². The van der Waals surface area contributed by atoms with Crippen LogP contribution < -0.4 is 0 Å². The van der Waals surface area contributed by atoms with Crippen LogP contribution in [0.5, 0.6) is 0 Å². The number of carbonyl (C=O) groups is 1. The number of rotatable bonds is 5. The van der Waals surface area contributed by atoms with E-state index in [0.29, 0.717) is 24.7 Å². The highest BCUT2D eigenvalue weighted by Gasteiger charge is 2.21. The van der Waals surface area contributed by atoms with Crippen LogP contribution in [0.4, 0.5) is 0 Å². The van der Waals surface area contributed by atoms with Gasteiger partial charge in [-0.15, -0.1) is 11.6 Å². The molecule has 0 saturated carbocycles. The Balaban J connectivity index is 2.16. The standard InChI is InChI=1S/C14H15ClN2O2/c1-11-13(19-10-16-11)14(18)17(8-7-15)9-12-5-3-2-4-6-12/h2-6,10H,7-9H2,1H3. The van der Waals surface area contributed by atoms with E-state index in [0.717, 1.165) is 5.56 Å². The Morgan fingerprint density at radius 2 is 2.11 bits per heavy atom. The highest BCUT2D eigenvalue weighted by atomic mass is 35.5. The number of hydrogen-bond acceptors (Lipinski definition) is 3. The minimum Gasteiger partial charge on any atom is -0.438 e. The SMILES string of the molecule is Cc1ncoc1C(=O)N(CCCl)Cc1ccccc1. The van der Waals surface area contributed by atoms with E-state index in [9.17, 15) is 4.79 Å². The van der Waals surface area contributed by atoms with Crippen molar-refractivity contribution in [1.82, 2.24) is 9.88 Å². The molecule has 1 heterocycles. The lowest BCUT2D eigenvalue weighted by Gasteiger charge is -2.20. The van der Waals surface area contributed by atoms with Crippen LogP contribution in [0, 0.1) is 6.92 Å². The zero-order valence-electron chi connectivity index (χ0n) is 10.7. The third-order valence-corrected chi connectivity index (χ3v) is 2.97. The van der Waals surface area contributed by atoms with Gasteiger partial charge < -0.3 is 9.32 Å². The van der Waals surface area contributed by atoms with Crippen LogP contribution in [0.15, 0.2) is 41.1 Å². The summed E-state index contributed by atoms with van der Waals surface area (Å²) in [6.45, 7) is 2.72. The van der Waals surface area contributed by atoms with E-state index in [4.69, 9.17) is 16.0 Å². The summed E-state index contributed by atoms with van der Waals surface area (Å²) in [6.07, 6.45) is 1.28. The summed E-state index contributed by atoms with van der Waals surface area (Å²) in [5.74, 6) is 0.478. The third kappa shape index (κ3) is 3.35. The van der Waals surface area contributed by atoms with E-state index < -0.39 is 0 Å². The Labute approximate surface area is 117 Å². The molecule has 4 nitrogen and oxygen atoms in total. The van der Waals surface area contributed by atoms with Gasteiger partial charge in [-0.2, -0.15) is 0 Å². The number of carbonyl (C=O) groups excluding carboxylic acids is 1. The number of oxazole rings is 1. The maximum Gasteiger partial charge on any atom is 0.291 e. The Morgan fingerprint density at radius 3 is 2.68 bits per heavy atom. The Morgan fingerprint density at radius 1 is 1.37 bits per heavy atom. The van der Waals surface area contributed by atoms with Crippen LogP contribution in [-0.4, -0.2) is 28.2 Å². The van der Waals surface area contributed by atoms with Gasteiger partial charge in [-0.3, -0.25) is 4.79 Å². The number of nitrogens with zero attached hydrogens (tertiary/aromatic N) is 2. The van der Waals surface area contributed by atoms with Gasteiger partial charge in [-0.25, -0.2) is 4.98 Å². The molecule has 0 radical (unpaired) electrons. The molecular formula is C14H15ClN2O2. The highest BCUT2D eigenvalue weighted by Crippen LogP contribution is 2.12. The van der Waals surface area contributed by atoms with Crippen LogP contribution in [0.25, 0.3) is 0 Å². The molecule has 5 heteroatoms. The number of alkyl halides is 1. The van der Waals surface area contributed by atoms with Crippen molar-refractivity contribution in [3.63, 3.8) is 0 Å². The average Bonchev–Trinajstić information content (AvgIpc) is 2.85. The molecule has 1 aromatic heterocycles. The number of benzene rings is 1. The lowest BCUT2D eigenvalue weighted by Crippen LogP contribution is -2.32. The van der Waals surface area contributed by atoms with Crippen molar-refractivity contribution >= 4 is 17.5 Å². The molecule has 0 saturated heterocycles. The van der Waals surface area contributed by atoms with Crippen molar-refractivity contribution in [2.75, 3.05) is 12.4 Å². The van der Waals surface area contributed by atoms with E-state index in [-0.39, 0.29) is 11.7 Å². The fourth-order valence-corrected chi connectivity index (χ4v) is 2.01. The van der Waals surface area contributed by atoms with Gasteiger partial charge in [0.25, 0.3) is 5.91 Å². The van der Waals surface area contributed by atoms with E-state index in [1.54, 1.807) is 11.8 Å². The predicted molar refractivity (Wildman–Crippen MR) is 73.1 cm³/mol. The summed E-state index contributed by atoms with van der Waals surface area (Å²) in [5, 5.41) is 0. The average molecular weight is 279 g/mol. The normalized spacial score (nSPS) is 10.4. The molecule has 19 heavy (non-hydrogen) atoms. The second kappa shape index (κ2) is 6.38. The number of aromatic nitrogens is 1. The molecule has 0 aliphatic carbocycles. The fourth-order valence-electron chi connectivity index (χ4n) is 1.81. The summed E-state index contributed by atoms with van der Waals surface area (Å²) in [4.78, 5) is 18.0. The summed E-state index contributed by atoms with van der Waals surface area (Å²) in [6, 6.07) is 9.78. The van der Waals surface area contributed by atoms with Crippen LogP contribution >= 0.6 is 11.6 Å². The summed E-state index contributed by atoms with van der Waals surface area (Å²) in [7, 11) is 0. The van der Waals surface area contributed by atoms with Gasteiger partial charge in [0.15, 0.2) is 6.39 Å². The van der Waals surface area contributed by atoms with Gasteiger partial charge in [-0.1, -0.05) is 30.3 Å². The molecule has 1 amide bonds. The monoisotopic (exact) mass is 278 g/mol. The van der Waals surface area contributed by atoms with Crippen molar-refractivity contribution < 1.29 is 9.21 Å². The van der Waals surface area contributed by atoms with Crippen molar-refractivity contribution in [2.24, 2.45) is 0 Å². The van der Waals surface area contributed by atoms with Gasteiger partial charge in [0.2, 0.25) is 5.76 Å². The molecule has 0 atom stereocenters. The summed E-state index contributed by atoms with van der Waals surface area (Å²) < 4.78 is 5.15. The Bertz CT molecular complexity index is 539. The molecule has 0 fully saturated rings. The van der Waals surface area contributed by atoms with Crippen molar-refractivity contribution in [3.05, 3.63) is 53.7 Å². The number of halogens is 1. The molecule has 1 aromatic carbocycles. The molecule has 0 aliphatic heterocycles. The van der Waals surface area contributed by atoms with Crippen LogP contribution in [0.1, 0.15) is 21.8 Å². The molecule has 100 valence electrons. The van der Waals surface area contributed by atoms with Gasteiger partial charge in [-0.05, 0) is 12.5 Å². The first-order valence-corrected chi connectivity index (χ1v) is 6.55. The first-order valence-electron chi connectivity index (χ1n) is 6.01. The fraction of sp³-hybridized carbons (Fsp3) is 0.286. The van der Waals surface area contributed by atoms with E-state index >= 15 is 0 Å². The van der Waals surface area contributed by atoms with Gasteiger partial charge in [0.1, 0.15) is 0 Å². The molecule has 0 aliphatic rings. The lowest BCUT2D eigenvalue weighted by molar-refractivity contribution is 0.0720. The van der Waals surface area contributed by atoms with Crippen LogP contribution in [0.2, 0.25) is 0 Å². The molecule has 0 unspecified atom stereocenters. The van der Waals surface area contributed by atoms with E-state index in [1.807, 2.05) is 30.3 Å². The number of amides is 1. The molecular weight excluding hydrogens is 264 g/mol.